The van der Waals surface area contributed by atoms with E-state index < -0.39 is 0 Å². The first-order valence-electron chi connectivity index (χ1n) is 9.71. The fourth-order valence-electron chi connectivity index (χ4n) is 2.99. The van der Waals surface area contributed by atoms with Crippen LogP contribution in [-0.2, 0) is 11.2 Å². The molecule has 1 amide bonds. The minimum atomic E-state index is -0.210. The normalized spacial score (nSPS) is 11.9. The molecule has 2 rings (SSSR count). The molecule has 5 heteroatoms. The Morgan fingerprint density at radius 1 is 1.07 bits per heavy atom. The van der Waals surface area contributed by atoms with Crippen molar-refractivity contribution in [3.8, 4) is 11.5 Å². The van der Waals surface area contributed by atoms with Crippen LogP contribution in [0.4, 0.5) is 0 Å². The molecule has 0 fully saturated rings. The molecular formula is C23H32N2O3. The third-order valence-electron chi connectivity index (χ3n) is 4.82. The van der Waals surface area contributed by atoms with Crippen LogP contribution in [0.3, 0.4) is 0 Å². The molecule has 0 bridgehead atoms. The molecule has 1 unspecified atom stereocenters. The lowest BCUT2D eigenvalue weighted by molar-refractivity contribution is -0.125. The van der Waals surface area contributed by atoms with Gasteiger partial charge in [-0.05, 0) is 75.2 Å². The summed E-state index contributed by atoms with van der Waals surface area (Å²) in [6, 6.07) is 13.9. The first kappa shape index (κ1) is 21.8. The number of benzene rings is 2. The summed E-state index contributed by atoms with van der Waals surface area (Å²) in [5, 5.41) is 3.01. The van der Waals surface area contributed by atoms with Crippen LogP contribution in [0.5, 0.6) is 11.5 Å². The second-order valence-corrected chi connectivity index (χ2v) is 7.22. The molecule has 0 heterocycles. The monoisotopic (exact) mass is 384 g/mol. The maximum absolute atomic E-state index is 12.4. The summed E-state index contributed by atoms with van der Waals surface area (Å²) >= 11 is 0. The molecule has 152 valence electrons. The van der Waals surface area contributed by atoms with E-state index in [2.05, 4.69) is 25.2 Å². The second kappa shape index (κ2) is 10.7. The number of amides is 1. The summed E-state index contributed by atoms with van der Waals surface area (Å²) in [6.45, 7) is 7.87. The van der Waals surface area contributed by atoms with E-state index in [-0.39, 0.29) is 11.9 Å². The van der Waals surface area contributed by atoms with Crippen LogP contribution in [0, 0.1) is 13.8 Å². The Balaban J connectivity index is 1.70. The first-order chi connectivity index (χ1) is 13.4. The predicted octanol–water partition coefficient (Wildman–Crippen LogP) is 3.37. The van der Waals surface area contributed by atoms with Crippen molar-refractivity contribution in [1.82, 2.24) is 10.2 Å². The van der Waals surface area contributed by atoms with E-state index in [1.165, 1.54) is 16.7 Å². The average Bonchev–Trinajstić information content (AvgIpc) is 2.67. The fourth-order valence-corrected chi connectivity index (χ4v) is 2.99. The summed E-state index contributed by atoms with van der Waals surface area (Å²) in [5.74, 6) is 1.75. The molecule has 0 saturated heterocycles. The minimum Gasteiger partial charge on any atom is -0.497 e. The van der Waals surface area contributed by atoms with Crippen LogP contribution >= 0.6 is 0 Å². The minimum absolute atomic E-state index is 0.0300. The number of likely N-dealkylation sites (N-methyl/N-ethyl adjacent to an activating group) is 1. The molecule has 0 radical (unpaired) electrons. The number of ether oxygens (including phenoxy) is 2. The average molecular weight is 385 g/mol. The van der Waals surface area contributed by atoms with Gasteiger partial charge in [-0.1, -0.05) is 18.2 Å². The van der Waals surface area contributed by atoms with Gasteiger partial charge in [0.2, 0.25) is 5.91 Å². The highest BCUT2D eigenvalue weighted by molar-refractivity contribution is 5.81. The summed E-state index contributed by atoms with van der Waals surface area (Å²) in [6.07, 6.45) is 0.794. The van der Waals surface area contributed by atoms with Gasteiger partial charge in [0.25, 0.3) is 0 Å². The molecular weight excluding hydrogens is 352 g/mol. The van der Waals surface area contributed by atoms with Crippen LogP contribution in [0.2, 0.25) is 0 Å². The van der Waals surface area contributed by atoms with E-state index in [4.69, 9.17) is 9.47 Å². The Hall–Kier alpha value is -2.53. The third kappa shape index (κ3) is 6.89. The maximum atomic E-state index is 12.4. The number of methoxy groups -OCH3 is 1. The molecule has 5 nitrogen and oxygen atoms in total. The van der Waals surface area contributed by atoms with Crippen LogP contribution in [0.15, 0.2) is 42.5 Å². The smallest absolute Gasteiger partial charge is 0.237 e. The van der Waals surface area contributed by atoms with Gasteiger partial charge in [-0.3, -0.25) is 9.69 Å². The molecule has 28 heavy (non-hydrogen) atoms. The molecule has 0 aliphatic rings. The summed E-state index contributed by atoms with van der Waals surface area (Å²) in [5.41, 5.74) is 3.55. The third-order valence-corrected chi connectivity index (χ3v) is 4.82. The Bertz CT molecular complexity index is 739. The molecule has 0 aliphatic heterocycles. The SMILES string of the molecule is COc1ccc(CCNC(=O)C(C)N(C)CCOc2cc(C)cc(C)c2)cc1. The molecule has 2 aromatic carbocycles. The van der Waals surface area contributed by atoms with Crippen molar-refractivity contribution in [3.05, 3.63) is 59.2 Å². The number of hydrogen-bond acceptors (Lipinski definition) is 4. The second-order valence-electron chi connectivity index (χ2n) is 7.22. The van der Waals surface area contributed by atoms with Crippen LogP contribution in [-0.4, -0.2) is 50.7 Å². The number of nitrogens with zero attached hydrogens (tertiary/aromatic N) is 1. The van der Waals surface area contributed by atoms with Gasteiger partial charge < -0.3 is 14.8 Å². The van der Waals surface area contributed by atoms with Crippen molar-refractivity contribution in [2.45, 2.75) is 33.2 Å². The topological polar surface area (TPSA) is 50.8 Å². The standard InChI is InChI=1S/C23H32N2O3/c1-17-14-18(2)16-22(15-17)28-13-12-25(4)19(3)23(26)24-11-10-20-6-8-21(27-5)9-7-20/h6-9,14-16,19H,10-13H2,1-5H3,(H,24,26). The summed E-state index contributed by atoms with van der Waals surface area (Å²) in [7, 11) is 3.60. The van der Waals surface area contributed by atoms with Gasteiger partial charge >= 0.3 is 0 Å². The van der Waals surface area contributed by atoms with E-state index in [0.29, 0.717) is 19.7 Å². The van der Waals surface area contributed by atoms with Gasteiger partial charge in [0.15, 0.2) is 0 Å². The number of nitrogens with one attached hydrogen (secondary N) is 1. The van der Waals surface area contributed by atoms with Gasteiger partial charge in [0.05, 0.1) is 13.2 Å². The molecule has 1 N–H and O–H groups in total. The highest BCUT2D eigenvalue weighted by atomic mass is 16.5. The van der Waals surface area contributed by atoms with Crippen LogP contribution in [0.25, 0.3) is 0 Å². The van der Waals surface area contributed by atoms with Crippen molar-refractivity contribution in [1.29, 1.82) is 0 Å². The fraction of sp³-hybridized carbons (Fsp3) is 0.435. The zero-order chi connectivity index (χ0) is 20.5. The molecule has 0 aromatic heterocycles. The zero-order valence-electron chi connectivity index (χ0n) is 17.6. The van der Waals surface area contributed by atoms with Gasteiger partial charge in [-0.25, -0.2) is 0 Å². The highest BCUT2D eigenvalue weighted by Crippen LogP contribution is 2.16. The van der Waals surface area contributed by atoms with E-state index in [0.717, 1.165) is 17.9 Å². The van der Waals surface area contributed by atoms with Crippen molar-refractivity contribution >= 4 is 5.91 Å². The molecule has 0 spiro atoms. The largest absolute Gasteiger partial charge is 0.497 e. The van der Waals surface area contributed by atoms with E-state index in [1.54, 1.807) is 7.11 Å². The van der Waals surface area contributed by atoms with Crippen molar-refractivity contribution in [2.75, 3.05) is 33.9 Å². The van der Waals surface area contributed by atoms with E-state index >= 15 is 0 Å². The lowest BCUT2D eigenvalue weighted by Crippen LogP contribution is -2.45. The Morgan fingerprint density at radius 2 is 1.71 bits per heavy atom. The molecule has 0 saturated carbocycles. The first-order valence-corrected chi connectivity index (χ1v) is 9.71. The predicted molar refractivity (Wildman–Crippen MR) is 113 cm³/mol. The van der Waals surface area contributed by atoms with Gasteiger partial charge in [-0.15, -0.1) is 0 Å². The lowest BCUT2D eigenvalue weighted by Gasteiger charge is -2.24. The van der Waals surface area contributed by atoms with Crippen molar-refractivity contribution in [3.63, 3.8) is 0 Å². The number of carbonyl (C=O) groups excluding carboxylic acids is 1. The van der Waals surface area contributed by atoms with E-state index in [1.807, 2.05) is 55.3 Å². The lowest BCUT2D eigenvalue weighted by atomic mass is 10.1. The zero-order valence-corrected chi connectivity index (χ0v) is 17.6. The quantitative estimate of drug-likeness (QED) is 0.682. The highest BCUT2D eigenvalue weighted by Gasteiger charge is 2.17. The van der Waals surface area contributed by atoms with Crippen molar-refractivity contribution in [2.24, 2.45) is 0 Å². The van der Waals surface area contributed by atoms with E-state index in [9.17, 15) is 4.79 Å². The van der Waals surface area contributed by atoms with Gasteiger partial charge in [0.1, 0.15) is 18.1 Å². The Kier molecular flexibility index (Phi) is 8.33. The van der Waals surface area contributed by atoms with Gasteiger partial charge in [-0.2, -0.15) is 0 Å². The van der Waals surface area contributed by atoms with Gasteiger partial charge in [0, 0.05) is 13.1 Å². The van der Waals surface area contributed by atoms with Crippen molar-refractivity contribution < 1.29 is 14.3 Å². The molecule has 0 aliphatic carbocycles. The Labute approximate surface area is 168 Å². The summed E-state index contributed by atoms with van der Waals surface area (Å²) < 4.78 is 11.0. The number of aryl methyl sites for hydroxylation is 2. The maximum Gasteiger partial charge on any atom is 0.237 e. The molecule has 1 atom stereocenters. The number of hydrogen-bond donors (Lipinski definition) is 1. The van der Waals surface area contributed by atoms with Crippen LogP contribution < -0.4 is 14.8 Å². The Morgan fingerprint density at radius 3 is 2.32 bits per heavy atom. The van der Waals surface area contributed by atoms with Crippen LogP contribution in [0.1, 0.15) is 23.6 Å². The number of rotatable bonds is 10. The number of carbonyl (C=O) groups is 1. The molecule has 2 aromatic rings. The summed E-state index contributed by atoms with van der Waals surface area (Å²) in [4.78, 5) is 14.4.